The minimum Gasteiger partial charge on any atom is -0.381 e. The molecule has 1 saturated heterocycles. The average Bonchev–Trinajstić information content (AvgIpc) is 2.68. The van der Waals surface area contributed by atoms with Crippen molar-refractivity contribution in [1.29, 1.82) is 0 Å². The van der Waals surface area contributed by atoms with E-state index in [9.17, 15) is 0 Å². The Morgan fingerprint density at radius 2 is 1.92 bits per heavy atom. The summed E-state index contributed by atoms with van der Waals surface area (Å²) >= 11 is 6.18. The van der Waals surface area contributed by atoms with Gasteiger partial charge in [-0.25, -0.2) is 0 Å². The van der Waals surface area contributed by atoms with Gasteiger partial charge in [-0.3, -0.25) is 4.99 Å². The zero-order valence-corrected chi connectivity index (χ0v) is 16.6. The van der Waals surface area contributed by atoms with Crippen molar-refractivity contribution in [2.75, 3.05) is 46.6 Å². The number of rotatable bonds is 10. The maximum absolute atomic E-state index is 6.18. The van der Waals surface area contributed by atoms with Crippen LogP contribution in [0.2, 0.25) is 5.02 Å². The summed E-state index contributed by atoms with van der Waals surface area (Å²) in [6.07, 6.45) is 5.21. The van der Waals surface area contributed by atoms with Crippen LogP contribution >= 0.6 is 11.6 Å². The van der Waals surface area contributed by atoms with Crippen molar-refractivity contribution in [2.45, 2.75) is 32.1 Å². The van der Waals surface area contributed by atoms with Crippen LogP contribution in [0.25, 0.3) is 0 Å². The van der Waals surface area contributed by atoms with Crippen LogP contribution in [0.5, 0.6) is 0 Å². The molecule has 0 radical (unpaired) electrons. The number of halogens is 1. The van der Waals surface area contributed by atoms with E-state index in [0.717, 1.165) is 82.6 Å². The molecule has 26 heavy (non-hydrogen) atoms. The highest BCUT2D eigenvalue weighted by Gasteiger charge is 2.13. The summed E-state index contributed by atoms with van der Waals surface area (Å²) in [6, 6.07) is 8.01. The van der Waals surface area contributed by atoms with E-state index in [1.54, 1.807) is 7.05 Å². The number of nitrogens with one attached hydrogen (secondary N) is 2. The van der Waals surface area contributed by atoms with Crippen LogP contribution in [0.15, 0.2) is 29.3 Å². The topological polar surface area (TPSA) is 54.9 Å². The lowest BCUT2D eigenvalue weighted by Gasteiger charge is -2.21. The molecule has 6 heteroatoms. The number of hydrogen-bond acceptors (Lipinski definition) is 3. The summed E-state index contributed by atoms with van der Waals surface area (Å²) in [6.45, 7) is 5.14. The van der Waals surface area contributed by atoms with Crippen molar-refractivity contribution < 1.29 is 9.47 Å². The van der Waals surface area contributed by atoms with Gasteiger partial charge >= 0.3 is 0 Å². The van der Waals surface area contributed by atoms with Crippen LogP contribution in [0.4, 0.5) is 0 Å². The van der Waals surface area contributed by atoms with Crippen molar-refractivity contribution in [3.63, 3.8) is 0 Å². The molecule has 0 saturated carbocycles. The SMILES string of the molecule is CN=C(NCCCOCC1CCOCC1)NCCCc1ccccc1Cl. The molecule has 1 aromatic carbocycles. The minimum atomic E-state index is 0.671. The van der Waals surface area contributed by atoms with Gasteiger partial charge < -0.3 is 20.1 Å². The first-order valence-corrected chi connectivity index (χ1v) is 10.0. The third-order valence-corrected chi connectivity index (χ3v) is 4.92. The van der Waals surface area contributed by atoms with Crippen molar-refractivity contribution in [3.05, 3.63) is 34.9 Å². The molecule has 0 unspecified atom stereocenters. The van der Waals surface area contributed by atoms with Crippen molar-refractivity contribution >= 4 is 17.6 Å². The molecular weight excluding hydrogens is 350 g/mol. The Balaban J connectivity index is 1.48. The van der Waals surface area contributed by atoms with Gasteiger partial charge in [-0.2, -0.15) is 0 Å². The highest BCUT2D eigenvalue weighted by molar-refractivity contribution is 6.31. The number of aliphatic imine (C=N–C) groups is 1. The summed E-state index contributed by atoms with van der Waals surface area (Å²) in [7, 11) is 1.80. The molecule has 146 valence electrons. The molecule has 0 aromatic heterocycles. The van der Waals surface area contributed by atoms with Gasteiger partial charge in [0.1, 0.15) is 0 Å². The van der Waals surface area contributed by atoms with E-state index in [1.165, 1.54) is 5.56 Å². The number of hydrogen-bond donors (Lipinski definition) is 2. The number of ether oxygens (including phenoxy) is 2. The van der Waals surface area contributed by atoms with Gasteiger partial charge in [0, 0.05) is 51.6 Å². The Kier molecular flexibility index (Phi) is 10.5. The first-order chi connectivity index (χ1) is 12.8. The van der Waals surface area contributed by atoms with Crippen LogP contribution < -0.4 is 10.6 Å². The fraction of sp³-hybridized carbons (Fsp3) is 0.650. The molecule has 1 fully saturated rings. The highest BCUT2D eigenvalue weighted by atomic mass is 35.5. The van der Waals surface area contributed by atoms with Gasteiger partial charge in [0.05, 0.1) is 0 Å². The lowest BCUT2D eigenvalue weighted by molar-refractivity contribution is 0.0203. The quantitative estimate of drug-likeness (QED) is 0.371. The third kappa shape index (κ3) is 8.39. The summed E-state index contributed by atoms with van der Waals surface area (Å²) < 4.78 is 11.1. The lowest BCUT2D eigenvalue weighted by atomic mass is 10.0. The molecule has 1 aromatic rings. The fourth-order valence-electron chi connectivity index (χ4n) is 2.95. The second-order valence-electron chi connectivity index (χ2n) is 6.60. The summed E-state index contributed by atoms with van der Waals surface area (Å²) in [5.41, 5.74) is 1.19. The fourth-order valence-corrected chi connectivity index (χ4v) is 3.18. The molecule has 0 spiro atoms. The number of guanidine groups is 1. The Morgan fingerprint density at radius 1 is 1.19 bits per heavy atom. The maximum atomic E-state index is 6.18. The molecule has 2 rings (SSSR count). The second kappa shape index (κ2) is 13.0. The lowest BCUT2D eigenvalue weighted by Crippen LogP contribution is -2.38. The van der Waals surface area contributed by atoms with Crippen LogP contribution in [0.3, 0.4) is 0 Å². The molecule has 0 atom stereocenters. The Morgan fingerprint density at radius 3 is 2.65 bits per heavy atom. The molecule has 0 bridgehead atoms. The average molecular weight is 382 g/mol. The highest BCUT2D eigenvalue weighted by Crippen LogP contribution is 2.16. The van der Waals surface area contributed by atoms with E-state index in [4.69, 9.17) is 21.1 Å². The summed E-state index contributed by atoms with van der Waals surface area (Å²) in [4.78, 5) is 4.26. The zero-order valence-electron chi connectivity index (χ0n) is 15.8. The molecular formula is C20H32ClN3O2. The van der Waals surface area contributed by atoms with Crippen molar-refractivity contribution in [3.8, 4) is 0 Å². The second-order valence-corrected chi connectivity index (χ2v) is 7.01. The Hall–Kier alpha value is -1.30. The van der Waals surface area contributed by atoms with Crippen LogP contribution in [-0.4, -0.2) is 52.5 Å². The van der Waals surface area contributed by atoms with E-state index in [2.05, 4.69) is 21.7 Å². The number of nitrogens with zero attached hydrogens (tertiary/aromatic N) is 1. The van der Waals surface area contributed by atoms with E-state index in [-0.39, 0.29) is 0 Å². The number of benzene rings is 1. The Bertz CT molecular complexity index is 534. The van der Waals surface area contributed by atoms with Gasteiger partial charge in [-0.05, 0) is 49.7 Å². The first kappa shape index (κ1) is 21.0. The summed E-state index contributed by atoms with van der Waals surface area (Å²) in [5.74, 6) is 1.51. The summed E-state index contributed by atoms with van der Waals surface area (Å²) in [5, 5.41) is 7.52. The van der Waals surface area contributed by atoms with Gasteiger partial charge in [-0.15, -0.1) is 0 Å². The monoisotopic (exact) mass is 381 g/mol. The van der Waals surface area contributed by atoms with E-state index in [1.807, 2.05) is 18.2 Å². The van der Waals surface area contributed by atoms with Gasteiger partial charge in [-0.1, -0.05) is 29.8 Å². The normalized spacial score (nSPS) is 15.8. The zero-order chi connectivity index (χ0) is 18.5. The van der Waals surface area contributed by atoms with E-state index >= 15 is 0 Å². The smallest absolute Gasteiger partial charge is 0.190 e. The predicted molar refractivity (Wildman–Crippen MR) is 108 cm³/mol. The van der Waals surface area contributed by atoms with Crippen molar-refractivity contribution in [1.82, 2.24) is 10.6 Å². The molecule has 0 amide bonds. The van der Waals surface area contributed by atoms with Crippen LogP contribution in [0, 0.1) is 5.92 Å². The minimum absolute atomic E-state index is 0.671. The third-order valence-electron chi connectivity index (χ3n) is 4.55. The molecule has 5 nitrogen and oxygen atoms in total. The molecule has 1 aliphatic rings. The molecule has 1 aliphatic heterocycles. The standard InChI is InChI=1S/C20H32ClN3O2/c1-22-20(23-11-4-7-18-6-2-3-8-19(18)21)24-12-5-13-26-16-17-9-14-25-15-10-17/h2-3,6,8,17H,4-5,7,9-16H2,1H3,(H2,22,23,24). The molecule has 0 aliphatic carbocycles. The Labute approximate surface area is 162 Å². The van der Waals surface area contributed by atoms with Gasteiger partial charge in [0.2, 0.25) is 0 Å². The van der Waals surface area contributed by atoms with Gasteiger partial charge in [0.15, 0.2) is 5.96 Å². The van der Waals surface area contributed by atoms with E-state index < -0.39 is 0 Å². The van der Waals surface area contributed by atoms with E-state index in [0.29, 0.717) is 5.92 Å². The van der Waals surface area contributed by atoms with Crippen LogP contribution in [-0.2, 0) is 15.9 Å². The largest absolute Gasteiger partial charge is 0.381 e. The first-order valence-electron chi connectivity index (χ1n) is 9.63. The van der Waals surface area contributed by atoms with Crippen LogP contribution in [0.1, 0.15) is 31.2 Å². The molecule has 2 N–H and O–H groups in total. The molecule has 1 heterocycles. The maximum Gasteiger partial charge on any atom is 0.190 e. The van der Waals surface area contributed by atoms with Gasteiger partial charge in [0.25, 0.3) is 0 Å². The predicted octanol–water partition coefficient (Wildman–Crippen LogP) is 3.27. The number of aryl methyl sites for hydroxylation is 1. The van der Waals surface area contributed by atoms with Crippen molar-refractivity contribution in [2.24, 2.45) is 10.9 Å².